The van der Waals surface area contributed by atoms with E-state index in [1.54, 1.807) is 42.5 Å². The van der Waals surface area contributed by atoms with E-state index in [-0.39, 0.29) is 26.5 Å². The van der Waals surface area contributed by atoms with Gasteiger partial charge in [-0.05, 0) is 24.3 Å². The van der Waals surface area contributed by atoms with Gasteiger partial charge >= 0.3 is 5.69 Å². The van der Waals surface area contributed by atoms with E-state index in [2.05, 4.69) is 10.3 Å². The molecule has 0 saturated carbocycles. The molecule has 3 aromatic rings. The second kappa shape index (κ2) is 7.47. The Kier molecular flexibility index (Phi) is 4.71. The van der Waals surface area contributed by atoms with Gasteiger partial charge in [0.2, 0.25) is 12.7 Å². The van der Waals surface area contributed by atoms with Gasteiger partial charge in [0.25, 0.3) is 5.56 Å². The topological polar surface area (TPSA) is 112 Å². The number of carbonyl (C=O) groups excluding carboxylic acids is 1. The van der Waals surface area contributed by atoms with Gasteiger partial charge < -0.3 is 24.5 Å². The monoisotopic (exact) mass is 383 g/mol. The first-order valence-electron chi connectivity index (χ1n) is 8.63. The molecule has 1 aliphatic rings. The zero-order valence-electron chi connectivity index (χ0n) is 14.8. The lowest BCUT2D eigenvalue weighted by atomic mass is 10.2. The zero-order valence-corrected chi connectivity index (χ0v) is 14.8. The van der Waals surface area contributed by atoms with Crippen molar-refractivity contribution in [2.45, 2.75) is 6.54 Å². The summed E-state index contributed by atoms with van der Waals surface area (Å²) < 4.78 is 16.9. The minimum Gasteiger partial charge on any atom is -0.492 e. The number of hydrogen-bond acceptors (Lipinski definition) is 6. The van der Waals surface area contributed by atoms with E-state index >= 15 is 0 Å². The molecule has 0 atom stereocenters. The summed E-state index contributed by atoms with van der Waals surface area (Å²) in [5.74, 6) is 1.39. The molecule has 0 bridgehead atoms. The highest BCUT2D eigenvalue weighted by molar-refractivity contribution is 5.78. The van der Waals surface area contributed by atoms with Crippen molar-refractivity contribution < 1.29 is 19.0 Å². The fraction of sp³-hybridized carbons (Fsp3) is 0.211. The van der Waals surface area contributed by atoms with Crippen molar-refractivity contribution >= 4 is 16.8 Å². The van der Waals surface area contributed by atoms with E-state index in [9.17, 15) is 14.4 Å². The lowest BCUT2D eigenvalue weighted by Gasteiger charge is -2.09. The molecule has 2 aromatic carbocycles. The number of carbonyl (C=O) groups is 1. The third-order valence-electron chi connectivity index (χ3n) is 4.23. The van der Waals surface area contributed by atoms with Crippen LogP contribution in [0.4, 0.5) is 0 Å². The fourth-order valence-electron chi connectivity index (χ4n) is 2.87. The molecule has 28 heavy (non-hydrogen) atoms. The van der Waals surface area contributed by atoms with Crippen LogP contribution in [0.3, 0.4) is 0 Å². The fourth-order valence-corrected chi connectivity index (χ4v) is 2.87. The number of nitrogens with zero attached hydrogens (tertiary/aromatic N) is 1. The van der Waals surface area contributed by atoms with Gasteiger partial charge in [0, 0.05) is 6.07 Å². The van der Waals surface area contributed by atoms with Crippen LogP contribution in [0.15, 0.2) is 52.1 Å². The van der Waals surface area contributed by atoms with E-state index in [0.29, 0.717) is 28.2 Å². The van der Waals surface area contributed by atoms with Crippen molar-refractivity contribution in [3.63, 3.8) is 0 Å². The number of para-hydroxylation sites is 1. The van der Waals surface area contributed by atoms with Crippen LogP contribution in [0.1, 0.15) is 0 Å². The molecule has 0 saturated heterocycles. The summed E-state index contributed by atoms with van der Waals surface area (Å²) in [5.41, 5.74) is -0.701. The number of ether oxygens (including phenoxy) is 3. The highest BCUT2D eigenvalue weighted by Gasteiger charge is 2.14. The van der Waals surface area contributed by atoms with Crippen molar-refractivity contribution in [3.8, 4) is 17.2 Å². The van der Waals surface area contributed by atoms with Gasteiger partial charge in [-0.1, -0.05) is 12.1 Å². The van der Waals surface area contributed by atoms with Gasteiger partial charge in [-0.2, -0.15) is 0 Å². The van der Waals surface area contributed by atoms with Crippen molar-refractivity contribution in [2.75, 3.05) is 19.9 Å². The van der Waals surface area contributed by atoms with Crippen LogP contribution in [0, 0.1) is 0 Å². The third-order valence-corrected chi connectivity index (χ3v) is 4.23. The van der Waals surface area contributed by atoms with E-state index in [1.807, 2.05) is 0 Å². The quantitative estimate of drug-likeness (QED) is 0.604. The largest absolute Gasteiger partial charge is 0.492 e. The minimum absolute atomic E-state index is 0.183. The molecular formula is C19H17N3O6. The molecule has 0 radical (unpaired) electrons. The molecule has 0 spiro atoms. The normalized spacial score (nSPS) is 12.1. The molecule has 2 N–H and O–H groups in total. The average Bonchev–Trinajstić information content (AvgIpc) is 3.16. The Morgan fingerprint density at radius 2 is 1.96 bits per heavy atom. The maximum absolute atomic E-state index is 12.4. The van der Waals surface area contributed by atoms with Crippen LogP contribution in [0.5, 0.6) is 17.2 Å². The Labute approximate surface area is 158 Å². The molecule has 1 aliphatic heterocycles. The predicted molar refractivity (Wildman–Crippen MR) is 99.9 cm³/mol. The summed E-state index contributed by atoms with van der Waals surface area (Å²) in [6.07, 6.45) is 0. The van der Waals surface area contributed by atoms with Gasteiger partial charge in [-0.15, -0.1) is 0 Å². The predicted octanol–water partition coefficient (Wildman–Crippen LogP) is 0.614. The van der Waals surface area contributed by atoms with E-state index in [1.165, 1.54) is 0 Å². The zero-order chi connectivity index (χ0) is 19.5. The number of aromatic amines is 1. The lowest BCUT2D eigenvalue weighted by Crippen LogP contribution is -2.41. The summed E-state index contributed by atoms with van der Waals surface area (Å²) in [6, 6.07) is 11.8. The first kappa shape index (κ1) is 17.7. The summed E-state index contributed by atoms with van der Waals surface area (Å²) in [4.78, 5) is 39.2. The molecule has 9 nitrogen and oxygen atoms in total. The SMILES string of the molecule is O=C(Cn1c(=O)[nH]c2ccccc2c1=O)NCCOc1ccc2c(c1)OCO2. The third kappa shape index (κ3) is 3.54. The number of aromatic nitrogens is 2. The Bertz CT molecular complexity index is 1150. The number of benzene rings is 2. The molecule has 1 amide bonds. The van der Waals surface area contributed by atoms with Gasteiger partial charge in [0.05, 0.1) is 17.4 Å². The maximum Gasteiger partial charge on any atom is 0.329 e. The van der Waals surface area contributed by atoms with Crippen molar-refractivity contribution in [1.82, 2.24) is 14.9 Å². The highest BCUT2D eigenvalue weighted by Crippen LogP contribution is 2.34. The van der Waals surface area contributed by atoms with E-state index in [4.69, 9.17) is 14.2 Å². The Balaban J connectivity index is 1.33. The number of amides is 1. The van der Waals surface area contributed by atoms with E-state index in [0.717, 1.165) is 4.57 Å². The van der Waals surface area contributed by atoms with Crippen LogP contribution >= 0.6 is 0 Å². The number of fused-ring (bicyclic) bond motifs is 2. The summed E-state index contributed by atoms with van der Waals surface area (Å²) in [7, 11) is 0. The first-order valence-corrected chi connectivity index (χ1v) is 8.63. The molecular weight excluding hydrogens is 366 g/mol. The number of hydrogen-bond donors (Lipinski definition) is 2. The summed E-state index contributed by atoms with van der Waals surface area (Å²) in [5, 5.41) is 2.97. The van der Waals surface area contributed by atoms with Crippen molar-refractivity contribution in [2.24, 2.45) is 0 Å². The van der Waals surface area contributed by atoms with Gasteiger partial charge in [0.1, 0.15) is 18.9 Å². The molecule has 2 heterocycles. The molecule has 0 unspecified atom stereocenters. The van der Waals surface area contributed by atoms with Crippen LogP contribution in [-0.2, 0) is 11.3 Å². The second-order valence-corrected chi connectivity index (χ2v) is 6.08. The maximum atomic E-state index is 12.4. The average molecular weight is 383 g/mol. The summed E-state index contributed by atoms with van der Waals surface area (Å²) in [6.45, 7) is 0.243. The standard InChI is InChI=1S/C19H17N3O6/c23-17(10-22-18(24)13-3-1-2-4-14(13)21-19(22)25)20-7-8-26-12-5-6-15-16(9-12)28-11-27-15/h1-6,9H,7-8,10-11H2,(H,20,23)(H,21,25). The molecule has 144 valence electrons. The highest BCUT2D eigenvalue weighted by atomic mass is 16.7. The summed E-state index contributed by atoms with van der Waals surface area (Å²) >= 11 is 0. The van der Waals surface area contributed by atoms with Gasteiger partial charge in [-0.3, -0.25) is 14.2 Å². The molecule has 4 rings (SSSR count). The van der Waals surface area contributed by atoms with Crippen molar-refractivity contribution in [3.05, 3.63) is 63.3 Å². The van der Waals surface area contributed by atoms with Crippen LogP contribution in [0.2, 0.25) is 0 Å². The second-order valence-electron chi connectivity index (χ2n) is 6.08. The first-order chi connectivity index (χ1) is 13.6. The number of nitrogens with one attached hydrogen (secondary N) is 2. The minimum atomic E-state index is -0.629. The number of rotatable bonds is 6. The molecule has 0 aliphatic carbocycles. The number of H-pyrrole nitrogens is 1. The lowest BCUT2D eigenvalue weighted by molar-refractivity contribution is -0.121. The van der Waals surface area contributed by atoms with Crippen LogP contribution in [0.25, 0.3) is 10.9 Å². The van der Waals surface area contributed by atoms with Gasteiger partial charge in [0.15, 0.2) is 11.5 Å². The van der Waals surface area contributed by atoms with Crippen LogP contribution in [-0.4, -0.2) is 35.4 Å². The molecule has 9 heteroatoms. The van der Waals surface area contributed by atoms with Gasteiger partial charge in [-0.25, -0.2) is 4.79 Å². The Morgan fingerprint density at radius 1 is 1.14 bits per heavy atom. The smallest absolute Gasteiger partial charge is 0.329 e. The molecule has 0 fully saturated rings. The van der Waals surface area contributed by atoms with E-state index < -0.39 is 17.2 Å². The van der Waals surface area contributed by atoms with Crippen molar-refractivity contribution in [1.29, 1.82) is 0 Å². The Hall–Kier alpha value is -3.75. The Morgan fingerprint density at radius 3 is 2.86 bits per heavy atom. The molecule has 1 aromatic heterocycles. The van der Waals surface area contributed by atoms with Crippen LogP contribution < -0.4 is 30.8 Å².